The lowest BCUT2D eigenvalue weighted by Gasteiger charge is -2.18. The predicted molar refractivity (Wildman–Crippen MR) is 73.9 cm³/mol. The lowest BCUT2D eigenvalue weighted by molar-refractivity contribution is -0.138. The molecule has 0 saturated carbocycles. The van der Waals surface area contributed by atoms with Crippen molar-refractivity contribution in [3.63, 3.8) is 0 Å². The molecule has 0 fully saturated rings. The molecule has 0 unspecified atom stereocenters. The average molecular weight is 261 g/mol. The van der Waals surface area contributed by atoms with E-state index in [0.717, 1.165) is 29.6 Å². The van der Waals surface area contributed by atoms with Crippen molar-refractivity contribution in [2.45, 2.75) is 19.9 Å². The van der Waals surface area contributed by atoms with Crippen LogP contribution in [-0.4, -0.2) is 38.8 Å². The van der Waals surface area contributed by atoms with Gasteiger partial charge in [0.2, 0.25) is 0 Å². The minimum Gasteiger partial charge on any atom is -0.480 e. The van der Waals surface area contributed by atoms with Gasteiger partial charge in [-0.2, -0.15) is 5.10 Å². The van der Waals surface area contributed by atoms with Crippen LogP contribution in [-0.2, 0) is 18.4 Å². The molecule has 0 amide bonds. The quantitative estimate of drug-likeness (QED) is 0.862. The Morgan fingerprint density at radius 3 is 2.84 bits per heavy atom. The molecule has 5 heteroatoms. The van der Waals surface area contributed by atoms with Crippen LogP contribution in [0.5, 0.6) is 0 Å². The molecule has 0 radical (unpaired) electrons. The van der Waals surface area contributed by atoms with Crippen molar-refractivity contribution in [3.8, 4) is 0 Å². The Morgan fingerprint density at radius 2 is 2.16 bits per heavy atom. The van der Waals surface area contributed by atoms with Gasteiger partial charge in [0.1, 0.15) is 0 Å². The van der Waals surface area contributed by atoms with Crippen LogP contribution in [0, 0.1) is 0 Å². The molecule has 0 aliphatic rings. The molecule has 19 heavy (non-hydrogen) atoms. The first kappa shape index (κ1) is 13.5. The van der Waals surface area contributed by atoms with Gasteiger partial charge in [-0.3, -0.25) is 14.4 Å². The molecular formula is C14H19N3O2. The van der Waals surface area contributed by atoms with E-state index in [0.29, 0.717) is 6.54 Å². The summed E-state index contributed by atoms with van der Waals surface area (Å²) in [6.07, 6.45) is 0.929. The van der Waals surface area contributed by atoms with Crippen LogP contribution in [0.1, 0.15) is 19.0 Å². The molecular weight excluding hydrogens is 242 g/mol. The molecule has 2 aromatic rings. The van der Waals surface area contributed by atoms with Gasteiger partial charge in [-0.15, -0.1) is 0 Å². The fourth-order valence-corrected chi connectivity index (χ4v) is 2.34. The summed E-state index contributed by atoms with van der Waals surface area (Å²) in [5.41, 5.74) is 2.01. The first-order valence-corrected chi connectivity index (χ1v) is 6.46. The van der Waals surface area contributed by atoms with Crippen LogP contribution in [0.2, 0.25) is 0 Å². The summed E-state index contributed by atoms with van der Waals surface area (Å²) in [4.78, 5) is 12.8. The largest absolute Gasteiger partial charge is 0.480 e. The highest BCUT2D eigenvalue weighted by Crippen LogP contribution is 2.18. The Morgan fingerprint density at radius 1 is 1.42 bits per heavy atom. The summed E-state index contributed by atoms with van der Waals surface area (Å²) < 4.78 is 1.84. The Bertz CT molecular complexity index is 577. The maximum absolute atomic E-state index is 10.9. The Hall–Kier alpha value is -1.88. The van der Waals surface area contributed by atoms with Crippen LogP contribution in [0.3, 0.4) is 0 Å². The SMILES string of the molecule is CCCN(CC(=O)O)Cc1nn(C)c2ccccc12. The van der Waals surface area contributed by atoms with E-state index in [1.807, 2.05) is 47.8 Å². The van der Waals surface area contributed by atoms with Crippen LogP contribution < -0.4 is 0 Å². The predicted octanol–water partition coefficient (Wildman–Crippen LogP) is 1.87. The first-order chi connectivity index (χ1) is 9.11. The molecule has 2 rings (SSSR count). The number of hydrogen-bond donors (Lipinski definition) is 1. The molecule has 0 atom stereocenters. The number of carboxylic acid groups (broad SMARTS) is 1. The van der Waals surface area contributed by atoms with E-state index >= 15 is 0 Å². The van der Waals surface area contributed by atoms with Gasteiger partial charge >= 0.3 is 5.97 Å². The second kappa shape index (κ2) is 5.84. The molecule has 1 N–H and O–H groups in total. The minimum atomic E-state index is -0.798. The van der Waals surface area contributed by atoms with Crippen molar-refractivity contribution in [2.75, 3.05) is 13.1 Å². The number of fused-ring (bicyclic) bond motifs is 1. The zero-order chi connectivity index (χ0) is 13.8. The number of carboxylic acids is 1. The van der Waals surface area contributed by atoms with E-state index in [1.54, 1.807) is 0 Å². The van der Waals surface area contributed by atoms with Gasteiger partial charge < -0.3 is 5.11 Å². The van der Waals surface area contributed by atoms with Crippen molar-refractivity contribution < 1.29 is 9.90 Å². The van der Waals surface area contributed by atoms with Crippen LogP contribution >= 0.6 is 0 Å². The number of carbonyl (C=O) groups is 1. The molecule has 1 aromatic heterocycles. The number of para-hydroxylation sites is 1. The number of aryl methyl sites for hydroxylation is 1. The highest BCUT2D eigenvalue weighted by molar-refractivity contribution is 5.81. The maximum atomic E-state index is 10.9. The van der Waals surface area contributed by atoms with Gasteiger partial charge in [0.05, 0.1) is 17.8 Å². The van der Waals surface area contributed by atoms with E-state index in [2.05, 4.69) is 5.10 Å². The monoisotopic (exact) mass is 261 g/mol. The lowest BCUT2D eigenvalue weighted by atomic mass is 10.2. The normalized spacial score (nSPS) is 11.3. The molecule has 1 aromatic carbocycles. The molecule has 5 nitrogen and oxygen atoms in total. The molecule has 0 aliphatic heterocycles. The number of nitrogens with zero attached hydrogens (tertiary/aromatic N) is 3. The second-order valence-corrected chi connectivity index (χ2v) is 4.69. The summed E-state index contributed by atoms with van der Waals surface area (Å²) in [5, 5.41) is 14.5. The van der Waals surface area contributed by atoms with Crippen molar-refractivity contribution in [2.24, 2.45) is 7.05 Å². The van der Waals surface area contributed by atoms with Gasteiger partial charge in [0.25, 0.3) is 0 Å². The third-order valence-electron chi connectivity index (χ3n) is 3.11. The Balaban J connectivity index is 2.25. The number of benzene rings is 1. The highest BCUT2D eigenvalue weighted by Gasteiger charge is 2.14. The van der Waals surface area contributed by atoms with Crippen LogP contribution in [0.15, 0.2) is 24.3 Å². The van der Waals surface area contributed by atoms with Crippen molar-refractivity contribution in [1.29, 1.82) is 0 Å². The fraction of sp³-hybridized carbons (Fsp3) is 0.429. The van der Waals surface area contributed by atoms with Gasteiger partial charge in [0, 0.05) is 19.0 Å². The highest BCUT2D eigenvalue weighted by atomic mass is 16.4. The summed E-state index contributed by atoms with van der Waals surface area (Å²) >= 11 is 0. The van der Waals surface area contributed by atoms with Gasteiger partial charge in [-0.05, 0) is 19.0 Å². The third kappa shape index (κ3) is 3.12. The summed E-state index contributed by atoms with van der Waals surface area (Å²) in [6.45, 7) is 3.43. The number of aromatic nitrogens is 2. The van der Waals surface area contributed by atoms with Gasteiger partial charge in [0.15, 0.2) is 0 Å². The molecule has 1 heterocycles. The zero-order valence-corrected chi connectivity index (χ0v) is 11.3. The number of hydrogen-bond acceptors (Lipinski definition) is 3. The van der Waals surface area contributed by atoms with E-state index in [1.165, 1.54) is 0 Å². The van der Waals surface area contributed by atoms with Crippen molar-refractivity contribution in [3.05, 3.63) is 30.0 Å². The van der Waals surface area contributed by atoms with Gasteiger partial charge in [-0.1, -0.05) is 25.1 Å². The molecule has 102 valence electrons. The van der Waals surface area contributed by atoms with E-state index in [4.69, 9.17) is 5.11 Å². The molecule has 0 aliphatic carbocycles. The molecule has 0 bridgehead atoms. The average Bonchev–Trinajstić information content (AvgIpc) is 2.67. The van der Waals surface area contributed by atoms with E-state index in [9.17, 15) is 4.79 Å². The third-order valence-corrected chi connectivity index (χ3v) is 3.11. The molecule has 0 spiro atoms. The number of aliphatic carboxylic acids is 1. The summed E-state index contributed by atoms with van der Waals surface area (Å²) in [6, 6.07) is 8.01. The topological polar surface area (TPSA) is 58.4 Å². The van der Waals surface area contributed by atoms with Crippen molar-refractivity contribution >= 4 is 16.9 Å². The summed E-state index contributed by atoms with van der Waals surface area (Å²) in [7, 11) is 1.91. The smallest absolute Gasteiger partial charge is 0.317 e. The Kier molecular flexibility index (Phi) is 4.16. The lowest BCUT2D eigenvalue weighted by Crippen LogP contribution is -2.30. The zero-order valence-electron chi connectivity index (χ0n) is 11.3. The van der Waals surface area contributed by atoms with E-state index in [-0.39, 0.29) is 6.54 Å². The molecule has 0 saturated heterocycles. The summed E-state index contributed by atoms with van der Waals surface area (Å²) in [5.74, 6) is -0.798. The second-order valence-electron chi connectivity index (χ2n) is 4.69. The maximum Gasteiger partial charge on any atom is 0.317 e. The van der Waals surface area contributed by atoms with E-state index < -0.39 is 5.97 Å². The first-order valence-electron chi connectivity index (χ1n) is 6.46. The van der Waals surface area contributed by atoms with Crippen molar-refractivity contribution in [1.82, 2.24) is 14.7 Å². The van der Waals surface area contributed by atoms with Crippen LogP contribution in [0.4, 0.5) is 0 Å². The standard InChI is InChI=1S/C14H19N3O2/c1-3-8-17(10-14(18)19)9-12-11-6-4-5-7-13(11)16(2)15-12/h4-7H,3,8-10H2,1-2H3,(H,18,19). The fourth-order valence-electron chi connectivity index (χ4n) is 2.34. The minimum absolute atomic E-state index is 0.0543. The van der Waals surface area contributed by atoms with Gasteiger partial charge in [-0.25, -0.2) is 0 Å². The van der Waals surface area contributed by atoms with Crippen LogP contribution in [0.25, 0.3) is 10.9 Å². The number of rotatable bonds is 6. The Labute approximate surface area is 112 Å².